The monoisotopic (exact) mass is 242 g/mol. The van der Waals surface area contributed by atoms with Gasteiger partial charge in [0.1, 0.15) is 0 Å². The molecule has 2 aromatic rings. The molecular weight excluding hydrogens is 224 g/mol. The Kier molecular flexibility index (Phi) is 4.69. The second-order valence-electron chi connectivity index (χ2n) is 4.13. The van der Waals surface area contributed by atoms with Gasteiger partial charge in [0.25, 0.3) is 0 Å². The minimum atomic E-state index is 1.06. The topological polar surface area (TPSA) is 0 Å². The van der Waals surface area contributed by atoms with E-state index >= 15 is 0 Å². The van der Waals surface area contributed by atoms with E-state index in [1.54, 1.807) is 0 Å². The summed E-state index contributed by atoms with van der Waals surface area (Å²) in [5.41, 5.74) is 2.87. The van der Waals surface area contributed by atoms with Crippen LogP contribution in [0.2, 0.25) is 0 Å². The molecule has 0 radical (unpaired) electrons. The average Bonchev–Trinajstić information content (AvgIpc) is 2.39. The molecular formula is C16H18S. The molecule has 0 bridgehead atoms. The fraction of sp³-hybridized carbons (Fsp3) is 0.250. The molecule has 17 heavy (non-hydrogen) atoms. The van der Waals surface area contributed by atoms with Gasteiger partial charge in [-0.2, -0.15) is 0 Å². The zero-order valence-corrected chi connectivity index (χ0v) is 11.0. The summed E-state index contributed by atoms with van der Waals surface area (Å²) in [6.07, 6.45) is 2.39. The third kappa shape index (κ3) is 3.64. The number of hydrogen-bond acceptors (Lipinski definition) is 1. The highest BCUT2D eigenvalue weighted by atomic mass is 32.2. The van der Waals surface area contributed by atoms with E-state index in [9.17, 15) is 0 Å². The zero-order valence-electron chi connectivity index (χ0n) is 10.2. The van der Waals surface area contributed by atoms with Crippen LogP contribution < -0.4 is 0 Å². The molecule has 0 nitrogen and oxygen atoms in total. The van der Waals surface area contributed by atoms with Crippen molar-refractivity contribution in [1.29, 1.82) is 0 Å². The SMILES string of the molecule is CCCc1ccccc1SCc1ccccc1. The summed E-state index contributed by atoms with van der Waals surface area (Å²) in [7, 11) is 0. The molecule has 0 unspecified atom stereocenters. The first-order chi connectivity index (χ1) is 8.40. The highest BCUT2D eigenvalue weighted by molar-refractivity contribution is 7.98. The Bertz CT molecular complexity index is 448. The molecule has 0 saturated heterocycles. The van der Waals surface area contributed by atoms with Crippen molar-refractivity contribution < 1.29 is 0 Å². The minimum Gasteiger partial charge on any atom is -0.121 e. The quantitative estimate of drug-likeness (QED) is 0.670. The number of thioether (sulfide) groups is 1. The van der Waals surface area contributed by atoms with E-state index in [1.807, 2.05) is 11.8 Å². The van der Waals surface area contributed by atoms with Gasteiger partial charge in [-0.1, -0.05) is 61.9 Å². The third-order valence-corrected chi connectivity index (χ3v) is 3.92. The summed E-state index contributed by atoms with van der Waals surface area (Å²) in [5.74, 6) is 1.06. The molecule has 0 amide bonds. The van der Waals surface area contributed by atoms with Gasteiger partial charge in [-0.05, 0) is 23.6 Å². The Hall–Kier alpha value is -1.21. The largest absolute Gasteiger partial charge is 0.121 e. The molecule has 1 heteroatoms. The van der Waals surface area contributed by atoms with Gasteiger partial charge in [0.05, 0.1) is 0 Å². The van der Waals surface area contributed by atoms with Gasteiger partial charge in [-0.3, -0.25) is 0 Å². The van der Waals surface area contributed by atoms with Crippen molar-refractivity contribution in [2.45, 2.75) is 30.4 Å². The van der Waals surface area contributed by atoms with Gasteiger partial charge in [-0.15, -0.1) is 11.8 Å². The lowest BCUT2D eigenvalue weighted by Crippen LogP contribution is -1.87. The lowest BCUT2D eigenvalue weighted by molar-refractivity contribution is 0.900. The molecule has 2 rings (SSSR count). The summed E-state index contributed by atoms with van der Waals surface area (Å²) in [6, 6.07) is 19.4. The predicted octanol–water partition coefficient (Wildman–Crippen LogP) is 4.93. The fourth-order valence-corrected chi connectivity index (χ4v) is 2.90. The van der Waals surface area contributed by atoms with Crippen molar-refractivity contribution in [2.24, 2.45) is 0 Å². The lowest BCUT2D eigenvalue weighted by atomic mass is 10.1. The third-order valence-electron chi connectivity index (χ3n) is 2.73. The minimum absolute atomic E-state index is 1.06. The van der Waals surface area contributed by atoms with Gasteiger partial charge in [0.2, 0.25) is 0 Å². The smallest absolute Gasteiger partial charge is 0.0232 e. The maximum absolute atomic E-state index is 2.25. The molecule has 0 aliphatic carbocycles. The van der Waals surface area contributed by atoms with Crippen LogP contribution in [-0.2, 0) is 12.2 Å². The molecule has 0 fully saturated rings. The second-order valence-corrected chi connectivity index (χ2v) is 5.15. The van der Waals surface area contributed by atoms with E-state index < -0.39 is 0 Å². The van der Waals surface area contributed by atoms with Crippen molar-refractivity contribution in [3.63, 3.8) is 0 Å². The molecule has 0 aliphatic rings. The first kappa shape index (κ1) is 12.3. The molecule has 0 aromatic heterocycles. The summed E-state index contributed by atoms with van der Waals surface area (Å²) >= 11 is 1.94. The number of hydrogen-bond donors (Lipinski definition) is 0. The van der Waals surface area contributed by atoms with Gasteiger partial charge in [-0.25, -0.2) is 0 Å². The van der Waals surface area contributed by atoms with E-state index in [-0.39, 0.29) is 0 Å². The van der Waals surface area contributed by atoms with E-state index in [0.717, 1.165) is 5.75 Å². The Morgan fingerprint density at radius 3 is 2.35 bits per heavy atom. The number of rotatable bonds is 5. The summed E-state index contributed by atoms with van der Waals surface area (Å²) < 4.78 is 0. The van der Waals surface area contributed by atoms with Crippen LogP contribution in [0.1, 0.15) is 24.5 Å². The standard InChI is InChI=1S/C16H18S/c1-2-8-15-11-6-7-12-16(15)17-13-14-9-4-3-5-10-14/h3-7,9-12H,2,8,13H2,1H3. The van der Waals surface area contributed by atoms with Crippen LogP contribution in [0.5, 0.6) is 0 Å². The van der Waals surface area contributed by atoms with Crippen LogP contribution in [0, 0.1) is 0 Å². The molecule has 0 aliphatic heterocycles. The first-order valence-electron chi connectivity index (χ1n) is 6.15. The van der Waals surface area contributed by atoms with Crippen molar-refractivity contribution in [2.75, 3.05) is 0 Å². The summed E-state index contributed by atoms with van der Waals surface area (Å²) in [4.78, 5) is 1.43. The Morgan fingerprint density at radius 2 is 1.59 bits per heavy atom. The highest BCUT2D eigenvalue weighted by Crippen LogP contribution is 2.26. The summed E-state index contributed by atoms with van der Waals surface area (Å²) in [5, 5.41) is 0. The van der Waals surface area contributed by atoms with Crippen molar-refractivity contribution in [1.82, 2.24) is 0 Å². The van der Waals surface area contributed by atoms with Gasteiger partial charge in [0.15, 0.2) is 0 Å². The molecule has 0 atom stereocenters. The number of benzene rings is 2. The maximum atomic E-state index is 2.25. The van der Waals surface area contributed by atoms with Crippen LogP contribution in [0.4, 0.5) is 0 Å². The van der Waals surface area contributed by atoms with Crippen molar-refractivity contribution in [3.05, 3.63) is 65.7 Å². The van der Waals surface area contributed by atoms with Crippen LogP contribution in [0.15, 0.2) is 59.5 Å². The fourth-order valence-electron chi connectivity index (χ4n) is 1.86. The van der Waals surface area contributed by atoms with Crippen LogP contribution in [0.25, 0.3) is 0 Å². The van der Waals surface area contributed by atoms with Crippen LogP contribution in [-0.4, -0.2) is 0 Å². The second kappa shape index (κ2) is 6.51. The lowest BCUT2D eigenvalue weighted by Gasteiger charge is -2.08. The van der Waals surface area contributed by atoms with Gasteiger partial charge >= 0.3 is 0 Å². The molecule has 2 aromatic carbocycles. The van der Waals surface area contributed by atoms with Gasteiger partial charge < -0.3 is 0 Å². The molecule has 0 heterocycles. The van der Waals surface area contributed by atoms with E-state index in [0.29, 0.717) is 0 Å². The predicted molar refractivity (Wildman–Crippen MR) is 76.4 cm³/mol. The van der Waals surface area contributed by atoms with E-state index in [4.69, 9.17) is 0 Å². The van der Waals surface area contributed by atoms with Crippen LogP contribution in [0.3, 0.4) is 0 Å². The van der Waals surface area contributed by atoms with Crippen LogP contribution >= 0.6 is 11.8 Å². The highest BCUT2D eigenvalue weighted by Gasteiger charge is 2.01. The van der Waals surface area contributed by atoms with Crippen molar-refractivity contribution in [3.8, 4) is 0 Å². The molecule has 88 valence electrons. The normalized spacial score (nSPS) is 10.4. The van der Waals surface area contributed by atoms with Crippen molar-refractivity contribution >= 4 is 11.8 Å². The maximum Gasteiger partial charge on any atom is 0.0232 e. The Morgan fingerprint density at radius 1 is 0.882 bits per heavy atom. The Balaban J connectivity index is 2.03. The molecule has 0 saturated carbocycles. The Labute approximate surface area is 108 Å². The van der Waals surface area contributed by atoms with E-state index in [1.165, 1.54) is 28.9 Å². The van der Waals surface area contributed by atoms with E-state index in [2.05, 4.69) is 61.5 Å². The van der Waals surface area contributed by atoms with Gasteiger partial charge in [0, 0.05) is 10.6 Å². The molecule has 0 spiro atoms. The average molecular weight is 242 g/mol. The summed E-state index contributed by atoms with van der Waals surface area (Å²) in [6.45, 7) is 2.23. The zero-order chi connectivity index (χ0) is 11.9. The first-order valence-corrected chi connectivity index (χ1v) is 7.13. The molecule has 0 N–H and O–H groups in total. The number of aryl methyl sites for hydroxylation is 1.